The van der Waals surface area contributed by atoms with Crippen LogP contribution in [0.5, 0.6) is 0 Å². The Morgan fingerprint density at radius 2 is 1.80 bits per heavy atom. The van der Waals surface area contributed by atoms with Crippen molar-refractivity contribution in [3.05, 3.63) is 35.1 Å². The Morgan fingerprint density at radius 1 is 1.20 bits per heavy atom. The highest BCUT2D eigenvalue weighted by Gasteiger charge is 2.16. The van der Waals surface area contributed by atoms with Gasteiger partial charge in [0, 0.05) is 24.2 Å². The zero-order valence-corrected chi connectivity index (χ0v) is 8.36. The molecule has 0 spiro atoms. The standard InChI is InChI=1S/C10H13F3N2/c1-2-15-10(5-14)6-3-8(12)9(13)4-7(6)11/h3-4,10,15H,2,5,14H2,1H3. The van der Waals surface area contributed by atoms with Crippen LogP contribution in [0.3, 0.4) is 0 Å². The van der Waals surface area contributed by atoms with Crippen LogP contribution < -0.4 is 11.1 Å². The van der Waals surface area contributed by atoms with Gasteiger partial charge in [-0.25, -0.2) is 13.2 Å². The molecule has 84 valence electrons. The minimum atomic E-state index is -1.19. The SMILES string of the molecule is CCNC(CN)c1cc(F)c(F)cc1F. The molecule has 2 nitrogen and oxygen atoms in total. The van der Waals surface area contributed by atoms with E-state index in [9.17, 15) is 13.2 Å². The van der Waals surface area contributed by atoms with Crippen molar-refractivity contribution in [3.8, 4) is 0 Å². The van der Waals surface area contributed by atoms with Gasteiger partial charge in [0.15, 0.2) is 11.6 Å². The average Bonchev–Trinajstić information content (AvgIpc) is 2.20. The molecule has 1 aromatic carbocycles. The monoisotopic (exact) mass is 218 g/mol. The van der Waals surface area contributed by atoms with Crippen molar-refractivity contribution in [1.82, 2.24) is 5.32 Å². The minimum Gasteiger partial charge on any atom is -0.329 e. The zero-order valence-electron chi connectivity index (χ0n) is 8.36. The summed E-state index contributed by atoms with van der Waals surface area (Å²) in [6.07, 6.45) is 0. The number of hydrogen-bond acceptors (Lipinski definition) is 2. The summed E-state index contributed by atoms with van der Waals surface area (Å²) in [4.78, 5) is 0. The molecular formula is C10H13F3N2. The molecule has 0 fully saturated rings. The molecule has 1 rings (SSSR count). The third-order valence-electron chi connectivity index (χ3n) is 2.10. The summed E-state index contributed by atoms with van der Waals surface area (Å²) in [5, 5.41) is 2.88. The van der Waals surface area contributed by atoms with Gasteiger partial charge in [-0.1, -0.05) is 6.92 Å². The van der Waals surface area contributed by atoms with Crippen molar-refractivity contribution in [2.45, 2.75) is 13.0 Å². The second kappa shape index (κ2) is 5.14. The lowest BCUT2D eigenvalue weighted by molar-refractivity contribution is 0.471. The van der Waals surface area contributed by atoms with Crippen molar-refractivity contribution in [1.29, 1.82) is 0 Å². The van der Waals surface area contributed by atoms with E-state index in [2.05, 4.69) is 5.32 Å². The van der Waals surface area contributed by atoms with Crippen LogP contribution in [0.4, 0.5) is 13.2 Å². The second-order valence-corrected chi connectivity index (χ2v) is 3.13. The van der Waals surface area contributed by atoms with E-state index in [0.29, 0.717) is 12.6 Å². The Bertz CT molecular complexity index is 342. The third-order valence-corrected chi connectivity index (χ3v) is 2.10. The van der Waals surface area contributed by atoms with Gasteiger partial charge in [-0.2, -0.15) is 0 Å². The summed E-state index contributed by atoms with van der Waals surface area (Å²) in [5.41, 5.74) is 5.46. The molecule has 0 aromatic heterocycles. The molecule has 15 heavy (non-hydrogen) atoms. The predicted molar refractivity (Wildman–Crippen MR) is 51.8 cm³/mol. The lowest BCUT2D eigenvalue weighted by atomic mass is 10.1. The van der Waals surface area contributed by atoms with Crippen LogP contribution in [0.1, 0.15) is 18.5 Å². The lowest BCUT2D eigenvalue weighted by Gasteiger charge is -2.16. The first-order chi connectivity index (χ1) is 7.10. The third kappa shape index (κ3) is 2.70. The van der Waals surface area contributed by atoms with E-state index < -0.39 is 23.5 Å². The summed E-state index contributed by atoms with van der Waals surface area (Å²) < 4.78 is 38.8. The highest BCUT2D eigenvalue weighted by Crippen LogP contribution is 2.19. The molecule has 0 heterocycles. The molecule has 1 aromatic rings. The quantitative estimate of drug-likeness (QED) is 0.755. The average molecular weight is 218 g/mol. The van der Waals surface area contributed by atoms with Crippen LogP contribution in [0.2, 0.25) is 0 Å². The largest absolute Gasteiger partial charge is 0.329 e. The van der Waals surface area contributed by atoms with E-state index in [1.54, 1.807) is 0 Å². The Labute approximate surface area is 86.3 Å². The maximum Gasteiger partial charge on any atom is 0.161 e. The van der Waals surface area contributed by atoms with E-state index in [1.165, 1.54) is 0 Å². The van der Waals surface area contributed by atoms with Crippen molar-refractivity contribution < 1.29 is 13.2 Å². The molecule has 0 aliphatic carbocycles. The highest BCUT2D eigenvalue weighted by atomic mass is 19.2. The molecule has 0 radical (unpaired) electrons. The van der Waals surface area contributed by atoms with E-state index >= 15 is 0 Å². The summed E-state index contributed by atoms with van der Waals surface area (Å²) in [6, 6.07) is 0.875. The van der Waals surface area contributed by atoms with E-state index in [-0.39, 0.29) is 12.1 Å². The maximum absolute atomic E-state index is 13.3. The molecule has 3 N–H and O–H groups in total. The lowest BCUT2D eigenvalue weighted by Crippen LogP contribution is -2.29. The van der Waals surface area contributed by atoms with Crippen LogP contribution in [-0.2, 0) is 0 Å². The van der Waals surface area contributed by atoms with Crippen molar-refractivity contribution in [3.63, 3.8) is 0 Å². The first kappa shape index (κ1) is 12.0. The van der Waals surface area contributed by atoms with Gasteiger partial charge in [0.2, 0.25) is 0 Å². The molecule has 0 saturated carbocycles. The Balaban J connectivity index is 3.06. The smallest absolute Gasteiger partial charge is 0.161 e. The van der Waals surface area contributed by atoms with Crippen molar-refractivity contribution in [2.75, 3.05) is 13.1 Å². The van der Waals surface area contributed by atoms with Crippen molar-refractivity contribution >= 4 is 0 Å². The minimum absolute atomic E-state index is 0.0539. The van der Waals surface area contributed by atoms with E-state index in [1.807, 2.05) is 6.92 Å². The van der Waals surface area contributed by atoms with Crippen LogP contribution in [-0.4, -0.2) is 13.1 Å². The predicted octanol–water partition coefficient (Wildman–Crippen LogP) is 1.71. The Morgan fingerprint density at radius 3 is 2.33 bits per heavy atom. The second-order valence-electron chi connectivity index (χ2n) is 3.13. The van der Waals surface area contributed by atoms with Crippen LogP contribution in [0.15, 0.2) is 12.1 Å². The van der Waals surface area contributed by atoms with E-state index in [4.69, 9.17) is 5.73 Å². The molecule has 0 aliphatic rings. The van der Waals surface area contributed by atoms with Crippen LogP contribution in [0, 0.1) is 17.5 Å². The first-order valence-corrected chi connectivity index (χ1v) is 4.68. The summed E-state index contributed by atoms with van der Waals surface area (Å²) >= 11 is 0. The number of halogens is 3. The molecule has 0 saturated heterocycles. The fraction of sp³-hybridized carbons (Fsp3) is 0.400. The topological polar surface area (TPSA) is 38.0 Å². The molecule has 0 aliphatic heterocycles. The van der Waals surface area contributed by atoms with E-state index in [0.717, 1.165) is 6.07 Å². The normalized spacial score (nSPS) is 12.9. The number of hydrogen-bond donors (Lipinski definition) is 2. The van der Waals surface area contributed by atoms with Gasteiger partial charge in [-0.3, -0.25) is 0 Å². The number of likely N-dealkylation sites (N-methyl/N-ethyl adjacent to an activating group) is 1. The fourth-order valence-electron chi connectivity index (χ4n) is 1.37. The van der Waals surface area contributed by atoms with Gasteiger partial charge in [0.05, 0.1) is 0 Å². The van der Waals surface area contributed by atoms with Gasteiger partial charge >= 0.3 is 0 Å². The van der Waals surface area contributed by atoms with Gasteiger partial charge < -0.3 is 11.1 Å². The maximum atomic E-state index is 13.3. The van der Waals surface area contributed by atoms with Gasteiger partial charge in [-0.15, -0.1) is 0 Å². The Hall–Kier alpha value is -1.07. The summed E-state index contributed by atoms with van der Waals surface area (Å²) in [6.45, 7) is 2.51. The van der Waals surface area contributed by atoms with Gasteiger partial charge in [-0.05, 0) is 12.6 Å². The number of nitrogens with one attached hydrogen (secondary N) is 1. The van der Waals surface area contributed by atoms with Crippen LogP contribution >= 0.6 is 0 Å². The summed E-state index contributed by atoms with van der Waals surface area (Å²) in [5.74, 6) is -3.04. The number of benzene rings is 1. The number of rotatable bonds is 4. The fourth-order valence-corrected chi connectivity index (χ4v) is 1.37. The number of nitrogens with two attached hydrogens (primary N) is 1. The van der Waals surface area contributed by atoms with Gasteiger partial charge in [0.1, 0.15) is 5.82 Å². The molecule has 1 unspecified atom stereocenters. The van der Waals surface area contributed by atoms with Gasteiger partial charge in [0.25, 0.3) is 0 Å². The molecular weight excluding hydrogens is 205 g/mol. The Kier molecular flexibility index (Phi) is 4.11. The van der Waals surface area contributed by atoms with Crippen molar-refractivity contribution in [2.24, 2.45) is 5.73 Å². The first-order valence-electron chi connectivity index (χ1n) is 4.68. The molecule has 0 bridgehead atoms. The highest BCUT2D eigenvalue weighted by molar-refractivity contribution is 5.23. The van der Waals surface area contributed by atoms with Crippen LogP contribution in [0.25, 0.3) is 0 Å². The summed E-state index contributed by atoms with van der Waals surface area (Å²) in [7, 11) is 0. The molecule has 1 atom stereocenters. The molecule has 5 heteroatoms. The molecule has 0 amide bonds. The zero-order chi connectivity index (χ0) is 11.4.